The molecule has 1 amide bonds. The van der Waals surface area contributed by atoms with Crippen LogP contribution in [0.25, 0.3) is 0 Å². The number of alkyl halides is 2. The number of nitrogens with zero attached hydrogens (tertiary/aromatic N) is 1. The van der Waals surface area contributed by atoms with Gasteiger partial charge < -0.3 is 30.2 Å². The Balaban J connectivity index is 0.00000341. The second kappa shape index (κ2) is 12.1. The Morgan fingerprint density at radius 2 is 1.87 bits per heavy atom. The van der Waals surface area contributed by atoms with Crippen molar-refractivity contribution in [2.75, 3.05) is 25.2 Å². The highest BCUT2D eigenvalue weighted by atomic mass is 127. The van der Waals surface area contributed by atoms with E-state index in [0.717, 1.165) is 0 Å². The summed E-state index contributed by atoms with van der Waals surface area (Å²) in [7, 11) is 0. The Hall–Kier alpha value is -2.83. The Kier molecular flexibility index (Phi) is 9.56. The van der Waals surface area contributed by atoms with Crippen LogP contribution in [0, 0.1) is 0 Å². The molecule has 0 unspecified atom stereocenters. The number of carbonyl (C=O) groups is 1. The van der Waals surface area contributed by atoms with Gasteiger partial charge in [-0.1, -0.05) is 18.2 Å². The molecule has 31 heavy (non-hydrogen) atoms. The van der Waals surface area contributed by atoms with E-state index in [1.165, 1.54) is 6.07 Å². The summed E-state index contributed by atoms with van der Waals surface area (Å²) in [5.74, 6) is 0.816. The van der Waals surface area contributed by atoms with Gasteiger partial charge in [0.2, 0.25) is 12.7 Å². The van der Waals surface area contributed by atoms with Crippen LogP contribution in [0.15, 0.2) is 47.5 Å². The zero-order chi connectivity index (χ0) is 21.3. The molecule has 3 rings (SSSR count). The van der Waals surface area contributed by atoms with Crippen molar-refractivity contribution in [1.82, 2.24) is 10.6 Å². The van der Waals surface area contributed by atoms with Crippen molar-refractivity contribution in [2.24, 2.45) is 4.99 Å². The number of anilines is 1. The van der Waals surface area contributed by atoms with Gasteiger partial charge in [0.1, 0.15) is 5.75 Å². The number of rotatable bonds is 8. The van der Waals surface area contributed by atoms with Gasteiger partial charge in [0.05, 0.1) is 13.1 Å². The summed E-state index contributed by atoms with van der Waals surface area (Å²) in [6.07, 6.45) is 0. The van der Waals surface area contributed by atoms with Crippen LogP contribution in [0.4, 0.5) is 14.5 Å². The summed E-state index contributed by atoms with van der Waals surface area (Å²) in [4.78, 5) is 16.5. The minimum Gasteiger partial charge on any atom is -0.454 e. The normalized spacial score (nSPS) is 12.2. The second-order valence-corrected chi connectivity index (χ2v) is 6.15. The summed E-state index contributed by atoms with van der Waals surface area (Å²) in [5.41, 5.74) is 1.07. The number of hydrogen-bond acceptors (Lipinski definition) is 5. The molecule has 8 nitrogen and oxygen atoms in total. The van der Waals surface area contributed by atoms with E-state index in [4.69, 9.17) is 9.47 Å². The number of para-hydroxylation sites is 1. The topological polar surface area (TPSA) is 93.2 Å². The van der Waals surface area contributed by atoms with Crippen molar-refractivity contribution in [1.29, 1.82) is 0 Å². The van der Waals surface area contributed by atoms with Crippen molar-refractivity contribution in [3.63, 3.8) is 0 Å². The van der Waals surface area contributed by atoms with Crippen LogP contribution in [0.2, 0.25) is 0 Å². The lowest BCUT2D eigenvalue weighted by Gasteiger charge is -2.13. The molecule has 0 bridgehead atoms. The first-order valence-electron chi connectivity index (χ1n) is 9.29. The maximum atomic E-state index is 12.8. The van der Waals surface area contributed by atoms with E-state index in [1.54, 1.807) is 18.2 Å². The van der Waals surface area contributed by atoms with Crippen LogP contribution < -0.4 is 30.2 Å². The highest BCUT2D eigenvalue weighted by Crippen LogP contribution is 2.39. The molecule has 0 fully saturated rings. The zero-order valence-corrected chi connectivity index (χ0v) is 19.0. The van der Waals surface area contributed by atoms with Crippen LogP contribution in [0.1, 0.15) is 12.5 Å². The van der Waals surface area contributed by atoms with Gasteiger partial charge in [0.15, 0.2) is 17.5 Å². The minimum atomic E-state index is -2.99. The highest BCUT2D eigenvalue weighted by Gasteiger charge is 2.20. The lowest BCUT2D eigenvalue weighted by molar-refractivity contribution is -0.115. The van der Waals surface area contributed by atoms with E-state index in [2.05, 4.69) is 25.7 Å². The number of fused-ring (bicyclic) bond motifs is 1. The average Bonchev–Trinajstić information content (AvgIpc) is 3.17. The summed E-state index contributed by atoms with van der Waals surface area (Å²) >= 11 is 0. The van der Waals surface area contributed by atoms with Crippen LogP contribution >= 0.6 is 24.0 Å². The molecule has 1 aliphatic heterocycles. The number of carbonyl (C=O) groups excluding carboxylic acids is 1. The molecule has 168 valence electrons. The third kappa shape index (κ3) is 7.42. The van der Waals surface area contributed by atoms with Gasteiger partial charge in [0, 0.05) is 23.9 Å². The van der Waals surface area contributed by atoms with Crippen molar-refractivity contribution < 1.29 is 27.8 Å². The van der Waals surface area contributed by atoms with Crippen LogP contribution in [-0.4, -0.2) is 38.4 Å². The molecule has 0 atom stereocenters. The van der Waals surface area contributed by atoms with Gasteiger partial charge in [-0.05, 0) is 25.1 Å². The SMILES string of the molecule is CCNC(=NCc1cc2c(cc1OC(F)F)OCO2)NCC(=O)Nc1ccccc1.I. The predicted octanol–water partition coefficient (Wildman–Crippen LogP) is 3.33. The lowest BCUT2D eigenvalue weighted by Crippen LogP contribution is -2.41. The summed E-state index contributed by atoms with van der Waals surface area (Å²) in [6, 6.07) is 12.0. The number of amides is 1. The number of benzene rings is 2. The molecule has 0 aromatic heterocycles. The minimum absolute atomic E-state index is 0. The lowest BCUT2D eigenvalue weighted by atomic mass is 10.1. The maximum absolute atomic E-state index is 12.8. The molecule has 3 N–H and O–H groups in total. The molecular formula is C20H23F2IN4O4. The summed E-state index contributed by atoms with van der Waals surface area (Å²) in [6.45, 7) is -0.560. The fourth-order valence-corrected chi connectivity index (χ4v) is 2.69. The highest BCUT2D eigenvalue weighted by molar-refractivity contribution is 14.0. The first-order valence-corrected chi connectivity index (χ1v) is 9.29. The third-order valence-electron chi connectivity index (χ3n) is 4.00. The van der Waals surface area contributed by atoms with Crippen LogP contribution in [-0.2, 0) is 11.3 Å². The van der Waals surface area contributed by atoms with E-state index in [1.807, 2.05) is 25.1 Å². The standard InChI is InChI=1S/C20H22F2N4O4.HI/c1-2-23-20(25-11-18(27)26-14-6-4-3-5-7-14)24-10-13-8-16-17(29-12-28-16)9-15(13)30-19(21)22;/h3-9,19H,2,10-12H2,1H3,(H,26,27)(H2,23,24,25);1H. The van der Waals surface area contributed by atoms with E-state index < -0.39 is 6.61 Å². The van der Waals surface area contributed by atoms with Gasteiger partial charge in [-0.3, -0.25) is 4.79 Å². The number of guanidine groups is 1. The first-order chi connectivity index (χ1) is 14.5. The second-order valence-electron chi connectivity index (χ2n) is 6.15. The van der Waals surface area contributed by atoms with Gasteiger partial charge in [-0.25, -0.2) is 4.99 Å². The number of hydrogen-bond donors (Lipinski definition) is 3. The Morgan fingerprint density at radius 3 is 2.55 bits per heavy atom. The van der Waals surface area contributed by atoms with Gasteiger partial charge >= 0.3 is 6.61 Å². The van der Waals surface area contributed by atoms with Gasteiger partial charge in [-0.15, -0.1) is 24.0 Å². The quantitative estimate of drug-likeness (QED) is 0.267. The molecule has 2 aromatic carbocycles. The Bertz CT molecular complexity index is 900. The molecule has 0 saturated heterocycles. The third-order valence-corrected chi connectivity index (χ3v) is 4.00. The maximum Gasteiger partial charge on any atom is 0.387 e. The molecule has 2 aromatic rings. The van der Waals surface area contributed by atoms with E-state index in [0.29, 0.717) is 35.3 Å². The largest absolute Gasteiger partial charge is 0.454 e. The molecule has 0 spiro atoms. The van der Waals surface area contributed by atoms with Gasteiger partial charge in [0.25, 0.3) is 0 Å². The Morgan fingerprint density at radius 1 is 1.16 bits per heavy atom. The molecule has 11 heteroatoms. The average molecular weight is 548 g/mol. The molecular weight excluding hydrogens is 525 g/mol. The van der Waals surface area contributed by atoms with Crippen LogP contribution in [0.5, 0.6) is 17.2 Å². The van der Waals surface area contributed by atoms with Crippen molar-refractivity contribution in [3.8, 4) is 17.2 Å². The smallest absolute Gasteiger partial charge is 0.387 e. The fraction of sp³-hybridized carbons (Fsp3) is 0.300. The Labute approximate surface area is 195 Å². The van der Waals surface area contributed by atoms with Crippen molar-refractivity contribution in [3.05, 3.63) is 48.0 Å². The van der Waals surface area contributed by atoms with Crippen LogP contribution in [0.3, 0.4) is 0 Å². The number of ether oxygens (including phenoxy) is 3. The number of nitrogens with one attached hydrogen (secondary N) is 3. The van der Waals surface area contributed by atoms with E-state index in [9.17, 15) is 13.6 Å². The molecule has 0 radical (unpaired) electrons. The van der Waals surface area contributed by atoms with E-state index in [-0.39, 0.29) is 55.5 Å². The number of aliphatic imine (C=N–C) groups is 1. The van der Waals surface area contributed by atoms with Gasteiger partial charge in [-0.2, -0.15) is 8.78 Å². The van der Waals surface area contributed by atoms with Crippen molar-refractivity contribution in [2.45, 2.75) is 20.1 Å². The molecule has 1 aliphatic rings. The fourth-order valence-electron chi connectivity index (χ4n) is 2.69. The first kappa shape index (κ1) is 24.4. The van der Waals surface area contributed by atoms with Crippen molar-refractivity contribution >= 4 is 41.5 Å². The zero-order valence-electron chi connectivity index (χ0n) is 16.7. The molecule has 1 heterocycles. The number of halogens is 3. The predicted molar refractivity (Wildman–Crippen MR) is 123 cm³/mol. The summed E-state index contributed by atoms with van der Waals surface area (Å²) in [5, 5.41) is 8.66. The molecule has 0 saturated carbocycles. The monoisotopic (exact) mass is 548 g/mol. The van der Waals surface area contributed by atoms with E-state index >= 15 is 0 Å². The summed E-state index contributed by atoms with van der Waals surface area (Å²) < 4.78 is 40.6. The molecule has 0 aliphatic carbocycles.